The lowest BCUT2D eigenvalue weighted by Crippen LogP contribution is -2.50. The van der Waals surface area contributed by atoms with Gasteiger partial charge in [0.25, 0.3) is 0 Å². The van der Waals surface area contributed by atoms with E-state index in [0.29, 0.717) is 24.3 Å². The van der Waals surface area contributed by atoms with Crippen molar-refractivity contribution in [1.82, 2.24) is 5.32 Å². The number of sulfonamides is 1. The molecule has 0 aliphatic heterocycles. The zero-order valence-corrected chi connectivity index (χ0v) is 19.4. The quantitative estimate of drug-likeness (QED) is 0.647. The molecule has 0 saturated carbocycles. The van der Waals surface area contributed by atoms with Crippen molar-refractivity contribution < 1.29 is 17.9 Å². The molecule has 0 heterocycles. The number of benzene rings is 2. The Balaban J connectivity index is 2.35. The highest BCUT2D eigenvalue weighted by atomic mass is 32.2. The summed E-state index contributed by atoms with van der Waals surface area (Å²) in [6, 6.07) is 11.7. The van der Waals surface area contributed by atoms with Crippen molar-refractivity contribution in [3.63, 3.8) is 0 Å². The molecule has 0 unspecified atom stereocenters. The van der Waals surface area contributed by atoms with Crippen LogP contribution in [0.1, 0.15) is 49.4 Å². The second-order valence-corrected chi connectivity index (χ2v) is 9.35. The number of amides is 1. The van der Waals surface area contributed by atoms with E-state index in [0.717, 1.165) is 17.4 Å². The fraction of sp³-hybridized carbons (Fsp3) is 0.435. The molecule has 2 aromatic carbocycles. The molecule has 2 rings (SSSR count). The van der Waals surface area contributed by atoms with Gasteiger partial charge in [-0.2, -0.15) is 0 Å². The van der Waals surface area contributed by atoms with E-state index in [2.05, 4.69) is 11.4 Å². The number of aryl methyl sites for hydroxylation is 2. The number of carbonyl (C=O) groups is 1. The van der Waals surface area contributed by atoms with Crippen LogP contribution in [0.25, 0.3) is 0 Å². The van der Waals surface area contributed by atoms with Crippen molar-refractivity contribution in [2.24, 2.45) is 0 Å². The highest BCUT2D eigenvalue weighted by Gasteiger charge is 2.32. The minimum Gasteiger partial charge on any atom is -0.497 e. The predicted octanol–water partition coefficient (Wildman–Crippen LogP) is 4.12. The van der Waals surface area contributed by atoms with Crippen molar-refractivity contribution in [1.29, 1.82) is 0 Å². The number of nitrogens with one attached hydrogen (secondary N) is 1. The maximum atomic E-state index is 13.2. The van der Waals surface area contributed by atoms with E-state index in [1.807, 2.05) is 39.8 Å². The number of hydrogen-bond donors (Lipinski definition) is 1. The Kier molecular flexibility index (Phi) is 7.89. The van der Waals surface area contributed by atoms with E-state index >= 15 is 0 Å². The van der Waals surface area contributed by atoms with Crippen LogP contribution >= 0.6 is 0 Å². The third-order valence-electron chi connectivity index (χ3n) is 5.31. The maximum absolute atomic E-state index is 13.2. The number of hydrogen-bond acceptors (Lipinski definition) is 4. The third-order valence-corrected chi connectivity index (χ3v) is 6.49. The van der Waals surface area contributed by atoms with Gasteiger partial charge in [-0.3, -0.25) is 9.10 Å². The van der Waals surface area contributed by atoms with Crippen LogP contribution in [0.4, 0.5) is 5.69 Å². The largest absolute Gasteiger partial charge is 0.497 e. The van der Waals surface area contributed by atoms with Gasteiger partial charge < -0.3 is 10.1 Å². The Labute approximate surface area is 180 Å². The summed E-state index contributed by atoms with van der Waals surface area (Å²) in [5.74, 6) is 0.300. The molecule has 0 aliphatic rings. The molecule has 0 bridgehead atoms. The van der Waals surface area contributed by atoms with Gasteiger partial charge in [0, 0.05) is 0 Å². The zero-order valence-electron chi connectivity index (χ0n) is 18.6. The zero-order chi connectivity index (χ0) is 22.5. The Morgan fingerprint density at radius 2 is 1.67 bits per heavy atom. The average molecular weight is 433 g/mol. The molecule has 0 aromatic heterocycles. The summed E-state index contributed by atoms with van der Waals surface area (Å²) in [6.07, 6.45) is 2.16. The number of rotatable bonds is 9. The molecule has 2 aromatic rings. The molecule has 0 aliphatic carbocycles. The molecule has 0 radical (unpaired) electrons. The number of methoxy groups -OCH3 is 1. The topological polar surface area (TPSA) is 75.7 Å². The van der Waals surface area contributed by atoms with Gasteiger partial charge >= 0.3 is 0 Å². The lowest BCUT2D eigenvalue weighted by Gasteiger charge is -2.31. The average Bonchev–Trinajstić information content (AvgIpc) is 2.71. The SMILES string of the molecule is CC[C@@H](NC(=O)[C@H](CC)N(c1ccc(OC)cc1)S(C)(=O)=O)c1ccc(C)c(C)c1. The molecule has 6 nitrogen and oxygen atoms in total. The summed E-state index contributed by atoms with van der Waals surface area (Å²) in [4.78, 5) is 13.2. The summed E-state index contributed by atoms with van der Waals surface area (Å²) < 4.78 is 31.6. The van der Waals surface area contributed by atoms with Gasteiger partial charge in [0.05, 0.1) is 25.1 Å². The van der Waals surface area contributed by atoms with Gasteiger partial charge in [-0.05, 0) is 67.6 Å². The van der Waals surface area contributed by atoms with E-state index in [4.69, 9.17) is 4.74 Å². The van der Waals surface area contributed by atoms with E-state index in [1.165, 1.54) is 9.87 Å². The lowest BCUT2D eigenvalue weighted by molar-refractivity contribution is -0.123. The standard InChI is InChI=1S/C23H32N2O4S/c1-7-21(18-10-9-16(3)17(4)15-18)24-23(26)22(8-2)25(30(6,27)28)19-11-13-20(29-5)14-12-19/h9-15,21-22H,7-8H2,1-6H3,(H,24,26)/t21-,22+/m1/s1. The van der Waals surface area contributed by atoms with Crippen molar-refractivity contribution >= 4 is 21.6 Å². The van der Waals surface area contributed by atoms with Gasteiger partial charge in [0.1, 0.15) is 11.8 Å². The second-order valence-electron chi connectivity index (χ2n) is 7.49. The molecular formula is C23H32N2O4S. The van der Waals surface area contributed by atoms with Gasteiger partial charge in [0.2, 0.25) is 15.9 Å². The van der Waals surface area contributed by atoms with E-state index in [9.17, 15) is 13.2 Å². The van der Waals surface area contributed by atoms with Gasteiger partial charge in [-0.15, -0.1) is 0 Å². The first kappa shape index (κ1) is 23.7. The molecule has 0 saturated heterocycles. The van der Waals surface area contributed by atoms with E-state index in [-0.39, 0.29) is 11.9 Å². The third kappa shape index (κ3) is 5.53. The Morgan fingerprint density at radius 3 is 2.13 bits per heavy atom. The number of carbonyl (C=O) groups excluding carboxylic acids is 1. The second kappa shape index (κ2) is 9.98. The molecule has 1 N–H and O–H groups in total. The minimum absolute atomic E-state index is 0.192. The van der Waals surface area contributed by atoms with Gasteiger partial charge in [0.15, 0.2) is 0 Å². The van der Waals surface area contributed by atoms with Crippen molar-refractivity contribution in [3.8, 4) is 5.75 Å². The fourth-order valence-electron chi connectivity index (χ4n) is 3.46. The fourth-order valence-corrected chi connectivity index (χ4v) is 4.67. The minimum atomic E-state index is -3.68. The number of nitrogens with zero attached hydrogens (tertiary/aromatic N) is 1. The monoisotopic (exact) mass is 432 g/mol. The molecule has 1 amide bonds. The van der Waals surface area contributed by atoms with Crippen LogP contribution in [0, 0.1) is 13.8 Å². The molecule has 0 spiro atoms. The van der Waals surface area contributed by atoms with Crippen molar-refractivity contribution in [3.05, 3.63) is 59.2 Å². The highest BCUT2D eigenvalue weighted by molar-refractivity contribution is 7.92. The molecule has 0 fully saturated rings. The molecule has 30 heavy (non-hydrogen) atoms. The number of ether oxygens (including phenoxy) is 1. The first-order chi connectivity index (χ1) is 14.1. The van der Waals surface area contributed by atoms with Crippen LogP contribution in [0.2, 0.25) is 0 Å². The smallest absolute Gasteiger partial charge is 0.244 e. The molecule has 164 valence electrons. The van der Waals surface area contributed by atoms with Crippen LogP contribution in [0.15, 0.2) is 42.5 Å². The maximum Gasteiger partial charge on any atom is 0.244 e. The first-order valence-corrected chi connectivity index (χ1v) is 12.0. The van der Waals surface area contributed by atoms with Gasteiger partial charge in [-0.1, -0.05) is 32.0 Å². The highest BCUT2D eigenvalue weighted by Crippen LogP contribution is 2.26. The Hall–Kier alpha value is -2.54. The van der Waals surface area contributed by atoms with Crippen LogP contribution in [0.3, 0.4) is 0 Å². The van der Waals surface area contributed by atoms with Crippen LogP contribution in [0.5, 0.6) is 5.75 Å². The van der Waals surface area contributed by atoms with Crippen LogP contribution in [-0.4, -0.2) is 33.7 Å². The Morgan fingerprint density at radius 1 is 1.03 bits per heavy atom. The normalized spacial score (nSPS) is 13.4. The summed E-state index contributed by atoms with van der Waals surface area (Å²) in [6.45, 7) is 7.89. The molecule has 2 atom stereocenters. The first-order valence-electron chi connectivity index (χ1n) is 10.1. The molecule has 7 heteroatoms. The lowest BCUT2D eigenvalue weighted by atomic mass is 9.99. The Bertz CT molecular complexity index is 971. The summed E-state index contributed by atoms with van der Waals surface area (Å²) in [5, 5.41) is 3.06. The number of anilines is 1. The van der Waals surface area contributed by atoms with Crippen molar-refractivity contribution in [2.75, 3.05) is 17.7 Å². The van der Waals surface area contributed by atoms with Crippen LogP contribution < -0.4 is 14.4 Å². The summed E-state index contributed by atoms with van der Waals surface area (Å²) in [5.41, 5.74) is 3.79. The van der Waals surface area contributed by atoms with Gasteiger partial charge in [-0.25, -0.2) is 8.42 Å². The van der Waals surface area contributed by atoms with E-state index in [1.54, 1.807) is 31.4 Å². The predicted molar refractivity (Wildman–Crippen MR) is 121 cm³/mol. The molecular weight excluding hydrogens is 400 g/mol. The van der Waals surface area contributed by atoms with Crippen molar-refractivity contribution in [2.45, 2.75) is 52.6 Å². The van der Waals surface area contributed by atoms with E-state index < -0.39 is 16.1 Å². The van der Waals surface area contributed by atoms with Crippen LogP contribution in [-0.2, 0) is 14.8 Å². The summed E-state index contributed by atoms with van der Waals surface area (Å²) in [7, 11) is -2.14. The summed E-state index contributed by atoms with van der Waals surface area (Å²) >= 11 is 0.